The number of carboxylic acids is 1. The SMILES string of the molecule is CC(=O)O[C@H]1C[C@@]2(C)[C@@H](C[C@@H](O)C3[C@]2(C)CC[C@H]2[C@H](C)C(=O)CC[C@]32C)[C@]12C[C@]2(CCC=C(C)C)C(=O)O. The third-order valence-corrected chi connectivity index (χ3v) is 13.2. The van der Waals surface area contributed by atoms with Crippen LogP contribution in [-0.4, -0.2) is 40.1 Å². The fourth-order valence-corrected chi connectivity index (χ4v) is 11.4. The highest BCUT2D eigenvalue weighted by molar-refractivity contribution is 5.82. The standard InChI is InChI=1S/C32H48O6/c1-18(2)9-8-12-31(27(36)37)17-32(31)24-15-23(35)26-28(5)13-11-22(34)19(3)21(28)10-14-29(26,6)30(24,7)16-25(32)38-20(4)33/h9,19,21,23-26,35H,8,10-17H2,1-7H3,(H,36,37)/t19-,21-,23+,24+,25-,26?,28-,29-,30-,31+,32+/m0/s1. The molecule has 1 spiro atoms. The van der Waals surface area contributed by atoms with Crippen LogP contribution in [0.4, 0.5) is 0 Å². The Kier molecular flexibility index (Phi) is 6.34. The van der Waals surface area contributed by atoms with Crippen LogP contribution in [0, 0.1) is 50.7 Å². The number of ether oxygens (including phenoxy) is 1. The molecule has 0 saturated heterocycles. The monoisotopic (exact) mass is 528 g/mol. The second kappa shape index (κ2) is 8.65. The number of Topliss-reactive ketones (excluding diaryl/α,β-unsaturated/α-hetero) is 1. The van der Waals surface area contributed by atoms with Crippen molar-refractivity contribution in [2.75, 3.05) is 0 Å². The summed E-state index contributed by atoms with van der Waals surface area (Å²) in [6.07, 6.45) is 7.19. The van der Waals surface area contributed by atoms with Crippen molar-refractivity contribution in [3.05, 3.63) is 11.6 Å². The molecule has 0 aliphatic heterocycles. The van der Waals surface area contributed by atoms with Crippen LogP contribution in [0.5, 0.6) is 0 Å². The van der Waals surface area contributed by atoms with Gasteiger partial charge in [-0.15, -0.1) is 0 Å². The van der Waals surface area contributed by atoms with Gasteiger partial charge in [0.2, 0.25) is 0 Å². The summed E-state index contributed by atoms with van der Waals surface area (Å²) >= 11 is 0. The van der Waals surface area contributed by atoms with E-state index in [1.54, 1.807) is 0 Å². The Morgan fingerprint density at radius 2 is 1.79 bits per heavy atom. The lowest BCUT2D eigenvalue weighted by Crippen LogP contribution is -2.65. The van der Waals surface area contributed by atoms with Crippen LogP contribution >= 0.6 is 0 Å². The van der Waals surface area contributed by atoms with E-state index in [4.69, 9.17) is 4.74 Å². The van der Waals surface area contributed by atoms with Gasteiger partial charge in [-0.1, -0.05) is 39.3 Å². The Morgan fingerprint density at radius 1 is 1.11 bits per heavy atom. The van der Waals surface area contributed by atoms with Crippen LogP contribution in [0.3, 0.4) is 0 Å². The molecule has 6 heteroatoms. The van der Waals surface area contributed by atoms with Crippen LogP contribution in [0.25, 0.3) is 0 Å². The lowest BCUT2D eigenvalue weighted by molar-refractivity contribution is -0.231. The van der Waals surface area contributed by atoms with E-state index in [-0.39, 0.29) is 45.9 Å². The van der Waals surface area contributed by atoms with Gasteiger partial charge in [0.05, 0.1) is 11.5 Å². The molecule has 5 fully saturated rings. The number of esters is 1. The quantitative estimate of drug-likeness (QED) is 0.338. The first-order valence-electron chi connectivity index (χ1n) is 14.9. The van der Waals surface area contributed by atoms with Crippen molar-refractivity contribution < 1.29 is 29.3 Å². The third kappa shape index (κ3) is 3.37. The summed E-state index contributed by atoms with van der Waals surface area (Å²) in [5, 5.41) is 22.7. The van der Waals surface area contributed by atoms with Gasteiger partial charge in [-0.2, -0.15) is 0 Å². The van der Waals surface area contributed by atoms with Crippen molar-refractivity contribution in [3.8, 4) is 0 Å². The topological polar surface area (TPSA) is 101 Å². The predicted molar refractivity (Wildman–Crippen MR) is 144 cm³/mol. The Labute approximate surface area is 228 Å². The van der Waals surface area contributed by atoms with Crippen LogP contribution in [-0.2, 0) is 19.1 Å². The molecule has 0 heterocycles. The number of hydrogen-bond acceptors (Lipinski definition) is 5. The minimum absolute atomic E-state index is 0.0120. The van der Waals surface area contributed by atoms with Gasteiger partial charge in [0.1, 0.15) is 11.9 Å². The highest BCUT2D eigenvalue weighted by Gasteiger charge is 2.86. The molecule has 212 valence electrons. The van der Waals surface area contributed by atoms with E-state index in [9.17, 15) is 24.6 Å². The highest BCUT2D eigenvalue weighted by atomic mass is 16.5. The molecule has 0 radical (unpaired) electrons. The van der Waals surface area contributed by atoms with Gasteiger partial charge in [-0.3, -0.25) is 14.4 Å². The average molecular weight is 529 g/mol. The molecule has 5 rings (SSSR count). The fraction of sp³-hybridized carbons (Fsp3) is 0.844. The number of fused-ring (bicyclic) bond motifs is 6. The first-order chi connectivity index (χ1) is 17.6. The minimum atomic E-state index is -0.947. The van der Waals surface area contributed by atoms with Gasteiger partial charge in [-0.05, 0) is 99.2 Å². The molecule has 5 saturated carbocycles. The van der Waals surface area contributed by atoms with Crippen LogP contribution in [0.1, 0.15) is 106 Å². The molecule has 0 bridgehead atoms. The smallest absolute Gasteiger partial charge is 0.310 e. The van der Waals surface area contributed by atoms with E-state index < -0.39 is 29.0 Å². The molecule has 0 aromatic rings. The number of aliphatic hydroxyl groups excluding tert-OH is 1. The third-order valence-electron chi connectivity index (χ3n) is 13.2. The van der Waals surface area contributed by atoms with Crippen molar-refractivity contribution in [2.45, 2.75) is 118 Å². The van der Waals surface area contributed by atoms with Crippen LogP contribution < -0.4 is 0 Å². The lowest BCUT2D eigenvalue weighted by atomic mass is 9.36. The molecule has 5 aliphatic carbocycles. The van der Waals surface area contributed by atoms with E-state index in [0.717, 1.165) is 19.3 Å². The number of aliphatic carboxylic acids is 1. The van der Waals surface area contributed by atoms with Crippen molar-refractivity contribution in [2.24, 2.45) is 50.7 Å². The van der Waals surface area contributed by atoms with Crippen LogP contribution in [0.2, 0.25) is 0 Å². The van der Waals surface area contributed by atoms with Crippen molar-refractivity contribution in [1.82, 2.24) is 0 Å². The van der Waals surface area contributed by atoms with E-state index in [0.29, 0.717) is 44.3 Å². The summed E-state index contributed by atoms with van der Waals surface area (Å²) in [5.74, 6) is -0.538. The second-order valence-electron chi connectivity index (χ2n) is 14.8. The van der Waals surface area contributed by atoms with Crippen molar-refractivity contribution in [3.63, 3.8) is 0 Å². The maximum Gasteiger partial charge on any atom is 0.310 e. The molecule has 2 N–H and O–H groups in total. The second-order valence-corrected chi connectivity index (χ2v) is 14.8. The average Bonchev–Trinajstić information content (AvgIpc) is 3.42. The fourth-order valence-electron chi connectivity index (χ4n) is 11.4. The summed E-state index contributed by atoms with van der Waals surface area (Å²) in [6.45, 7) is 14.5. The Hall–Kier alpha value is -1.69. The first-order valence-corrected chi connectivity index (χ1v) is 14.9. The molecule has 0 aromatic heterocycles. The Balaban J connectivity index is 1.59. The highest BCUT2D eigenvalue weighted by Crippen LogP contribution is 2.85. The molecule has 5 aliphatic rings. The summed E-state index contributed by atoms with van der Waals surface area (Å²) < 4.78 is 6.06. The molecular formula is C32H48O6. The number of hydrogen-bond donors (Lipinski definition) is 2. The number of ketones is 1. The number of aliphatic hydroxyl groups is 1. The zero-order chi connectivity index (χ0) is 28.1. The maximum atomic E-state index is 13.0. The lowest BCUT2D eigenvalue weighted by Gasteiger charge is -2.68. The molecule has 6 nitrogen and oxygen atoms in total. The maximum absolute atomic E-state index is 13.0. The number of allylic oxidation sites excluding steroid dienone is 2. The van der Waals surface area contributed by atoms with Crippen molar-refractivity contribution >= 4 is 17.7 Å². The van der Waals surface area contributed by atoms with E-state index >= 15 is 0 Å². The predicted octanol–water partition coefficient (Wildman–Crippen LogP) is 5.95. The summed E-state index contributed by atoms with van der Waals surface area (Å²) in [5.41, 5.74) is -1.09. The van der Waals surface area contributed by atoms with Gasteiger partial charge >= 0.3 is 11.9 Å². The summed E-state index contributed by atoms with van der Waals surface area (Å²) in [4.78, 5) is 38.1. The molecular weight excluding hydrogens is 480 g/mol. The first kappa shape index (κ1) is 27.9. The molecule has 0 aromatic carbocycles. The summed E-state index contributed by atoms with van der Waals surface area (Å²) in [7, 11) is 0. The molecule has 0 amide bonds. The minimum Gasteiger partial charge on any atom is -0.481 e. The van der Waals surface area contributed by atoms with Gasteiger partial charge in [0, 0.05) is 24.7 Å². The zero-order valence-corrected chi connectivity index (χ0v) is 24.4. The largest absolute Gasteiger partial charge is 0.481 e. The van der Waals surface area contributed by atoms with Crippen LogP contribution in [0.15, 0.2) is 11.6 Å². The van der Waals surface area contributed by atoms with Gasteiger partial charge in [0.15, 0.2) is 0 Å². The van der Waals surface area contributed by atoms with Gasteiger partial charge in [-0.25, -0.2) is 0 Å². The van der Waals surface area contributed by atoms with Gasteiger partial charge < -0.3 is 14.9 Å². The number of rotatable bonds is 5. The summed E-state index contributed by atoms with van der Waals surface area (Å²) in [6, 6.07) is 0. The zero-order valence-electron chi connectivity index (χ0n) is 24.4. The Bertz CT molecular complexity index is 1080. The normalized spacial score (nSPS) is 51.0. The molecule has 38 heavy (non-hydrogen) atoms. The van der Waals surface area contributed by atoms with Crippen molar-refractivity contribution in [1.29, 1.82) is 0 Å². The number of carbonyl (C=O) groups excluding carboxylic acids is 2. The van der Waals surface area contributed by atoms with Gasteiger partial charge in [0.25, 0.3) is 0 Å². The number of carbonyl (C=O) groups is 3. The van der Waals surface area contributed by atoms with E-state index in [1.807, 2.05) is 13.8 Å². The number of carboxylic acid groups (broad SMARTS) is 1. The Morgan fingerprint density at radius 3 is 2.39 bits per heavy atom. The van der Waals surface area contributed by atoms with E-state index in [2.05, 4.69) is 33.8 Å². The molecule has 11 atom stereocenters. The van der Waals surface area contributed by atoms with E-state index in [1.165, 1.54) is 12.5 Å². The molecule has 1 unspecified atom stereocenters.